The van der Waals surface area contributed by atoms with Crippen molar-refractivity contribution in [2.24, 2.45) is 0 Å². The molecular formula is C12H9BrClNO2. The van der Waals surface area contributed by atoms with E-state index in [9.17, 15) is 0 Å². The molecule has 5 heteroatoms. The highest BCUT2D eigenvalue weighted by atomic mass is 79.9. The number of nitrogens with zero attached hydrogens (tertiary/aromatic N) is 1. The predicted molar refractivity (Wildman–Crippen MR) is 69.4 cm³/mol. The van der Waals surface area contributed by atoms with Gasteiger partial charge >= 0.3 is 0 Å². The number of aromatic nitrogens is 1. The second-order valence-corrected chi connectivity index (χ2v) is 4.64. The molecule has 0 spiro atoms. The van der Waals surface area contributed by atoms with Crippen molar-refractivity contribution in [1.82, 2.24) is 4.98 Å². The van der Waals surface area contributed by atoms with Crippen LogP contribution >= 0.6 is 27.5 Å². The van der Waals surface area contributed by atoms with E-state index in [0.29, 0.717) is 22.2 Å². The maximum Gasteiger partial charge on any atom is 0.146 e. The van der Waals surface area contributed by atoms with Gasteiger partial charge in [-0.15, -0.1) is 0 Å². The first-order chi connectivity index (χ1) is 8.19. The second kappa shape index (κ2) is 5.49. The number of rotatable bonds is 3. The van der Waals surface area contributed by atoms with Gasteiger partial charge in [-0.1, -0.05) is 27.5 Å². The largest absolute Gasteiger partial charge is 0.456 e. The molecule has 1 aromatic carbocycles. The summed E-state index contributed by atoms with van der Waals surface area (Å²) in [5.41, 5.74) is 0.552. The lowest BCUT2D eigenvalue weighted by atomic mass is 10.3. The standard InChI is InChI=1S/C12H9BrClNO2/c13-8-1-2-12(11(14)5-8)17-10-3-4-15-9(6-10)7-16/h1-6,16H,7H2. The number of ether oxygens (including phenoxy) is 1. The first-order valence-corrected chi connectivity index (χ1v) is 6.05. The Bertz CT molecular complexity index is 534. The third-order valence-corrected chi connectivity index (χ3v) is 2.86. The minimum Gasteiger partial charge on any atom is -0.456 e. The van der Waals surface area contributed by atoms with Gasteiger partial charge < -0.3 is 9.84 Å². The topological polar surface area (TPSA) is 42.4 Å². The molecule has 0 amide bonds. The molecular weight excluding hydrogens is 305 g/mol. The van der Waals surface area contributed by atoms with E-state index in [1.54, 1.807) is 30.5 Å². The first kappa shape index (κ1) is 12.4. The van der Waals surface area contributed by atoms with Crippen molar-refractivity contribution >= 4 is 27.5 Å². The Labute approximate surface area is 112 Å². The van der Waals surface area contributed by atoms with E-state index in [1.807, 2.05) is 6.07 Å². The molecule has 0 aliphatic carbocycles. The number of pyridine rings is 1. The van der Waals surface area contributed by atoms with Gasteiger partial charge in [-0.05, 0) is 24.3 Å². The zero-order chi connectivity index (χ0) is 12.3. The van der Waals surface area contributed by atoms with Gasteiger partial charge in [0.25, 0.3) is 0 Å². The molecule has 2 rings (SSSR count). The average molecular weight is 315 g/mol. The third kappa shape index (κ3) is 3.19. The van der Waals surface area contributed by atoms with Gasteiger partial charge in [0.2, 0.25) is 0 Å². The molecule has 0 saturated heterocycles. The molecule has 0 saturated carbocycles. The molecule has 0 fully saturated rings. The van der Waals surface area contributed by atoms with E-state index >= 15 is 0 Å². The van der Waals surface area contributed by atoms with Crippen LogP contribution in [0.3, 0.4) is 0 Å². The fourth-order valence-electron chi connectivity index (χ4n) is 1.29. The van der Waals surface area contributed by atoms with Crippen LogP contribution in [0.4, 0.5) is 0 Å². The van der Waals surface area contributed by atoms with Gasteiger partial charge in [-0.3, -0.25) is 4.98 Å². The highest BCUT2D eigenvalue weighted by Crippen LogP contribution is 2.31. The third-order valence-electron chi connectivity index (χ3n) is 2.07. The summed E-state index contributed by atoms with van der Waals surface area (Å²) in [4.78, 5) is 3.97. The van der Waals surface area contributed by atoms with Crippen molar-refractivity contribution in [3.8, 4) is 11.5 Å². The van der Waals surface area contributed by atoms with Gasteiger partial charge in [0.15, 0.2) is 0 Å². The van der Waals surface area contributed by atoms with Crippen LogP contribution in [0.1, 0.15) is 5.69 Å². The minimum atomic E-state index is -0.120. The van der Waals surface area contributed by atoms with Crippen molar-refractivity contribution in [3.05, 3.63) is 51.7 Å². The zero-order valence-corrected chi connectivity index (χ0v) is 11.1. The molecule has 0 bridgehead atoms. The number of halogens is 2. The molecule has 1 N–H and O–H groups in total. The Kier molecular flexibility index (Phi) is 3.99. The molecule has 1 aromatic heterocycles. The lowest BCUT2D eigenvalue weighted by molar-refractivity contribution is 0.276. The van der Waals surface area contributed by atoms with Crippen LogP contribution < -0.4 is 4.74 Å². The van der Waals surface area contributed by atoms with Crippen molar-refractivity contribution in [2.45, 2.75) is 6.61 Å². The molecule has 0 radical (unpaired) electrons. The average Bonchev–Trinajstić information content (AvgIpc) is 2.33. The quantitative estimate of drug-likeness (QED) is 0.937. The molecule has 88 valence electrons. The van der Waals surface area contributed by atoms with Crippen LogP contribution in [0.2, 0.25) is 5.02 Å². The summed E-state index contributed by atoms with van der Waals surface area (Å²) in [5, 5.41) is 9.48. The summed E-state index contributed by atoms with van der Waals surface area (Å²) in [6.45, 7) is -0.120. The van der Waals surface area contributed by atoms with Gasteiger partial charge in [0.1, 0.15) is 11.5 Å². The van der Waals surface area contributed by atoms with E-state index in [1.165, 1.54) is 0 Å². The highest BCUT2D eigenvalue weighted by molar-refractivity contribution is 9.10. The Balaban J connectivity index is 2.25. The fraction of sp³-hybridized carbons (Fsp3) is 0.0833. The molecule has 3 nitrogen and oxygen atoms in total. The number of aliphatic hydroxyl groups is 1. The Morgan fingerprint density at radius 2 is 2.12 bits per heavy atom. The lowest BCUT2D eigenvalue weighted by Crippen LogP contribution is -1.91. The van der Waals surface area contributed by atoms with Gasteiger partial charge in [0.05, 0.1) is 17.3 Å². The maximum atomic E-state index is 8.97. The molecule has 0 unspecified atom stereocenters. The summed E-state index contributed by atoms with van der Waals surface area (Å²) < 4.78 is 6.49. The lowest BCUT2D eigenvalue weighted by Gasteiger charge is -2.08. The van der Waals surface area contributed by atoms with Gasteiger partial charge in [-0.2, -0.15) is 0 Å². The maximum absolute atomic E-state index is 8.97. The molecule has 2 aromatic rings. The van der Waals surface area contributed by atoms with Crippen molar-refractivity contribution < 1.29 is 9.84 Å². The molecule has 0 aliphatic rings. The van der Waals surface area contributed by atoms with Crippen molar-refractivity contribution in [1.29, 1.82) is 0 Å². The molecule has 0 atom stereocenters. The SMILES string of the molecule is OCc1cc(Oc2ccc(Br)cc2Cl)ccn1. The van der Waals surface area contributed by atoms with Gasteiger partial charge in [-0.25, -0.2) is 0 Å². The van der Waals surface area contributed by atoms with E-state index in [-0.39, 0.29) is 6.61 Å². The fourth-order valence-corrected chi connectivity index (χ4v) is 2.00. The van der Waals surface area contributed by atoms with Gasteiger partial charge in [0, 0.05) is 16.7 Å². The second-order valence-electron chi connectivity index (χ2n) is 3.32. The van der Waals surface area contributed by atoms with Crippen LogP contribution in [-0.4, -0.2) is 10.1 Å². The number of hydrogen-bond donors (Lipinski definition) is 1. The predicted octanol–water partition coefficient (Wildman–Crippen LogP) is 3.78. The Morgan fingerprint density at radius 3 is 2.82 bits per heavy atom. The summed E-state index contributed by atoms with van der Waals surface area (Å²) in [6.07, 6.45) is 1.58. The van der Waals surface area contributed by atoms with Crippen molar-refractivity contribution in [2.75, 3.05) is 0 Å². The van der Waals surface area contributed by atoms with Crippen LogP contribution in [-0.2, 0) is 6.61 Å². The zero-order valence-electron chi connectivity index (χ0n) is 8.73. The summed E-state index contributed by atoms with van der Waals surface area (Å²) in [6, 6.07) is 8.74. The molecule has 0 aliphatic heterocycles. The van der Waals surface area contributed by atoms with Crippen molar-refractivity contribution in [3.63, 3.8) is 0 Å². The first-order valence-electron chi connectivity index (χ1n) is 4.88. The monoisotopic (exact) mass is 313 g/mol. The van der Waals surface area contributed by atoms with E-state index in [2.05, 4.69) is 20.9 Å². The van der Waals surface area contributed by atoms with Crippen LogP contribution in [0, 0.1) is 0 Å². The van der Waals surface area contributed by atoms with Crippen LogP contribution in [0.25, 0.3) is 0 Å². The number of benzene rings is 1. The Morgan fingerprint density at radius 1 is 1.29 bits per heavy atom. The van der Waals surface area contributed by atoms with E-state index in [4.69, 9.17) is 21.4 Å². The Hall–Kier alpha value is -1.10. The smallest absolute Gasteiger partial charge is 0.146 e. The van der Waals surface area contributed by atoms with E-state index in [0.717, 1.165) is 4.47 Å². The summed E-state index contributed by atoms with van der Waals surface area (Å²) >= 11 is 9.35. The summed E-state index contributed by atoms with van der Waals surface area (Å²) in [5.74, 6) is 1.15. The molecule has 17 heavy (non-hydrogen) atoms. The molecule has 1 heterocycles. The van der Waals surface area contributed by atoms with E-state index < -0.39 is 0 Å². The highest BCUT2D eigenvalue weighted by Gasteiger charge is 2.04. The normalized spacial score (nSPS) is 10.3. The van der Waals surface area contributed by atoms with Crippen LogP contribution in [0.15, 0.2) is 41.0 Å². The van der Waals surface area contributed by atoms with Crippen LogP contribution in [0.5, 0.6) is 11.5 Å². The summed E-state index contributed by atoms with van der Waals surface area (Å²) in [7, 11) is 0. The minimum absolute atomic E-state index is 0.120. The number of aliphatic hydroxyl groups excluding tert-OH is 1. The number of hydrogen-bond acceptors (Lipinski definition) is 3.